The lowest BCUT2D eigenvalue weighted by atomic mass is 9.94. The van der Waals surface area contributed by atoms with Gasteiger partial charge in [-0.25, -0.2) is 8.42 Å². The highest BCUT2D eigenvalue weighted by molar-refractivity contribution is 7.89. The number of hydrogen-bond donors (Lipinski definition) is 2. The van der Waals surface area contributed by atoms with Crippen LogP contribution in [0.3, 0.4) is 0 Å². The van der Waals surface area contributed by atoms with Crippen LogP contribution in [0.25, 0.3) is 0 Å². The molecule has 0 radical (unpaired) electrons. The van der Waals surface area contributed by atoms with E-state index in [4.69, 9.17) is 0 Å². The molecule has 9 heteroatoms. The summed E-state index contributed by atoms with van der Waals surface area (Å²) < 4.78 is 28.7. The molecule has 180 valence electrons. The second-order valence-corrected chi connectivity index (χ2v) is 11.7. The molecule has 0 unspecified atom stereocenters. The highest BCUT2D eigenvalue weighted by Crippen LogP contribution is 2.31. The van der Waals surface area contributed by atoms with E-state index in [9.17, 15) is 18.0 Å². The van der Waals surface area contributed by atoms with Gasteiger partial charge >= 0.3 is 0 Å². The Kier molecular flexibility index (Phi) is 7.39. The molecule has 0 bridgehead atoms. The molecule has 0 atom stereocenters. The molecule has 3 heterocycles. The first-order valence-corrected chi connectivity index (χ1v) is 13.2. The predicted octanol–water partition coefficient (Wildman–Crippen LogP) is 2.96. The van der Waals surface area contributed by atoms with Crippen molar-refractivity contribution in [2.24, 2.45) is 5.92 Å². The number of H-pyrrole nitrogens is 1. The lowest BCUT2D eigenvalue weighted by Crippen LogP contribution is -2.49. The lowest BCUT2D eigenvalue weighted by Gasteiger charge is -2.33. The largest absolute Gasteiger partial charge is 0.361 e. The van der Waals surface area contributed by atoms with Gasteiger partial charge in [-0.05, 0) is 66.2 Å². The normalized spacial score (nSPS) is 19.2. The standard InChI is InChI=1S/C23H38N4O4S/c1-6-23(4,5)25-21(28)18-10-14-27(15-11-18)32(30,31)20-17(3)24-16(2)19(20)22(29)26-12-8-7-9-13-26/h18,24H,6-15H2,1-5H3,(H,25,28). The van der Waals surface area contributed by atoms with Crippen molar-refractivity contribution in [3.8, 4) is 0 Å². The van der Waals surface area contributed by atoms with Gasteiger partial charge in [0.15, 0.2) is 0 Å². The van der Waals surface area contributed by atoms with Gasteiger partial charge in [-0.2, -0.15) is 4.31 Å². The number of aromatic amines is 1. The molecule has 2 saturated heterocycles. The highest BCUT2D eigenvalue weighted by atomic mass is 32.2. The monoisotopic (exact) mass is 466 g/mol. The highest BCUT2D eigenvalue weighted by Gasteiger charge is 2.38. The van der Waals surface area contributed by atoms with E-state index in [1.54, 1.807) is 18.7 Å². The number of aromatic nitrogens is 1. The number of piperidine rings is 2. The maximum atomic E-state index is 13.6. The van der Waals surface area contributed by atoms with E-state index in [1.807, 2.05) is 20.8 Å². The summed E-state index contributed by atoms with van der Waals surface area (Å²) in [7, 11) is -3.85. The molecule has 32 heavy (non-hydrogen) atoms. The van der Waals surface area contributed by atoms with Crippen LogP contribution in [0.4, 0.5) is 0 Å². The third-order valence-electron chi connectivity index (χ3n) is 6.94. The van der Waals surface area contributed by atoms with Crippen LogP contribution < -0.4 is 5.32 Å². The van der Waals surface area contributed by atoms with Crippen molar-refractivity contribution in [3.05, 3.63) is 17.0 Å². The fraction of sp³-hybridized carbons (Fsp3) is 0.739. The first-order valence-electron chi connectivity index (χ1n) is 11.8. The third-order valence-corrected chi connectivity index (χ3v) is 9.01. The number of amides is 2. The van der Waals surface area contributed by atoms with Gasteiger partial charge in [0.25, 0.3) is 5.91 Å². The van der Waals surface area contributed by atoms with Gasteiger partial charge in [0.05, 0.1) is 5.56 Å². The minimum Gasteiger partial charge on any atom is -0.361 e. The van der Waals surface area contributed by atoms with Crippen LogP contribution in [0.1, 0.15) is 81.0 Å². The average Bonchev–Trinajstić information content (AvgIpc) is 3.08. The van der Waals surface area contributed by atoms with Gasteiger partial charge in [-0.3, -0.25) is 9.59 Å². The Hall–Kier alpha value is -1.87. The van der Waals surface area contributed by atoms with E-state index in [2.05, 4.69) is 10.3 Å². The zero-order valence-electron chi connectivity index (χ0n) is 20.1. The first-order chi connectivity index (χ1) is 15.0. The average molecular weight is 467 g/mol. The number of nitrogens with zero attached hydrogens (tertiary/aromatic N) is 2. The lowest BCUT2D eigenvalue weighted by molar-refractivity contribution is -0.127. The zero-order chi connectivity index (χ0) is 23.7. The molecule has 1 aromatic rings. The molecule has 8 nitrogen and oxygen atoms in total. The molecule has 2 amide bonds. The Morgan fingerprint density at radius 1 is 1.03 bits per heavy atom. The molecular weight excluding hydrogens is 428 g/mol. The second kappa shape index (κ2) is 9.55. The Bertz CT molecular complexity index is 953. The van der Waals surface area contributed by atoms with Crippen LogP contribution in [-0.4, -0.2) is 66.1 Å². The number of aryl methyl sites for hydroxylation is 2. The van der Waals surface area contributed by atoms with Gasteiger partial charge in [0.1, 0.15) is 4.90 Å². The number of carbonyl (C=O) groups excluding carboxylic acids is 2. The summed E-state index contributed by atoms with van der Waals surface area (Å²) in [5, 5.41) is 3.07. The van der Waals surface area contributed by atoms with E-state index < -0.39 is 10.0 Å². The van der Waals surface area contributed by atoms with Crippen LogP contribution in [0, 0.1) is 19.8 Å². The molecule has 0 aliphatic carbocycles. The van der Waals surface area contributed by atoms with E-state index in [0.717, 1.165) is 25.7 Å². The first kappa shape index (κ1) is 24.8. The number of likely N-dealkylation sites (tertiary alicyclic amines) is 1. The summed E-state index contributed by atoms with van der Waals surface area (Å²) in [6.07, 6.45) is 4.76. The molecule has 1 aromatic heterocycles. The van der Waals surface area contributed by atoms with Gasteiger partial charge in [-0.15, -0.1) is 0 Å². The molecule has 0 saturated carbocycles. The third kappa shape index (κ3) is 5.03. The summed E-state index contributed by atoms with van der Waals surface area (Å²) in [6.45, 7) is 11.3. The zero-order valence-corrected chi connectivity index (χ0v) is 20.9. The summed E-state index contributed by atoms with van der Waals surface area (Å²) in [4.78, 5) is 30.8. The number of nitrogens with one attached hydrogen (secondary N) is 2. The van der Waals surface area contributed by atoms with Crippen molar-refractivity contribution >= 4 is 21.8 Å². The summed E-state index contributed by atoms with van der Waals surface area (Å²) in [5.41, 5.74) is 1.08. The fourth-order valence-electron chi connectivity index (χ4n) is 4.60. The smallest absolute Gasteiger partial charge is 0.257 e. The minimum atomic E-state index is -3.85. The molecule has 2 aliphatic rings. The predicted molar refractivity (Wildman–Crippen MR) is 124 cm³/mol. The molecule has 2 aliphatic heterocycles. The Labute approximate surface area is 192 Å². The van der Waals surface area contributed by atoms with Crippen LogP contribution in [0.15, 0.2) is 4.90 Å². The van der Waals surface area contributed by atoms with Gasteiger partial charge in [-0.1, -0.05) is 6.92 Å². The maximum Gasteiger partial charge on any atom is 0.257 e. The van der Waals surface area contributed by atoms with Crippen molar-refractivity contribution in [1.82, 2.24) is 19.5 Å². The van der Waals surface area contributed by atoms with Crippen LogP contribution in [0.5, 0.6) is 0 Å². The van der Waals surface area contributed by atoms with Crippen LogP contribution in [-0.2, 0) is 14.8 Å². The molecule has 2 fully saturated rings. The van der Waals surface area contributed by atoms with Gasteiger partial charge < -0.3 is 15.2 Å². The summed E-state index contributed by atoms with van der Waals surface area (Å²) in [5.74, 6) is -0.416. The Morgan fingerprint density at radius 2 is 1.62 bits per heavy atom. The fourth-order valence-corrected chi connectivity index (χ4v) is 6.49. The number of carbonyl (C=O) groups is 2. The van der Waals surface area contributed by atoms with E-state index in [0.29, 0.717) is 37.3 Å². The van der Waals surface area contributed by atoms with Crippen molar-refractivity contribution < 1.29 is 18.0 Å². The van der Waals surface area contributed by atoms with Crippen LogP contribution >= 0.6 is 0 Å². The van der Waals surface area contributed by atoms with Crippen molar-refractivity contribution in [3.63, 3.8) is 0 Å². The minimum absolute atomic E-state index is 0.0106. The molecule has 0 spiro atoms. The summed E-state index contributed by atoms with van der Waals surface area (Å²) in [6, 6.07) is 0. The molecular formula is C23H38N4O4S. The van der Waals surface area contributed by atoms with E-state index >= 15 is 0 Å². The maximum absolute atomic E-state index is 13.6. The van der Waals surface area contributed by atoms with E-state index in [1.165, 1.54) is 4.31 Å². The van der Waals surface area contributed by atoms with Gasteiger partial charge in [0, 0.05) is 49.0 Å². The molecule has 0 aromatic carbocycles. The van der Waals surface area contributed by atoms with Crippen molar-refractivity contribution in [2.75, 3.05) is 26.2 Å². The van der Waals surface area contributed by atoms with Crippen molar-refractivity contribution in [2.45, 2.75) is 83.6 Å². The molecule has 2 N–H and O–H groups in total. The quantitative estimate of drug-likeness (QED) is 0.673. The summed E-state index contributed by atoms with van der Waals surface area (Å²) >= 11 is 0. The Morgan fingerprint density at radius 3 is 2.19 bits per heavy atom. The van der Waals surface area contributed by atoms with Crippen LogP contribution in [0.2, 0.25) is 0 Å². The van der Waals surface area contributed by atoms with Gasteiger partial charge in [0.2, 0.25) is 15.9 Å². The number of rotatable bonds is 6. The molecule has 3 rings (SSSR count). The topological polar surface area (TPSA) is 103 Å². The second-order valence-electron chi connectivity index (χ2n) is 9.84. The van der Waals surface area contributed by atoms with Crippen molar-refractivity contribution in [1.29, 1.82) is 0 Å². The Balaban J connectivity index is 1.78. The SMILES string of the molecule is CCC(C)(C)NC(=O)C1CCN(S(=O)(=O)c2c(C)[nH]c(C)c2C(=O)N2CCCCC2)CC1. The number of hydrogen-bond acceptors (Lipinski definition) is 4. The number of sulfonamides is 1. The van der Waals surface area contributed by atoms with E-state index in [-0.39, 0.29) is 46.8 Å².